The van der Waals surface area contributed by atoms with Gasteiger partial charge in [-0.25, -0.2) is 0 Å². The highest BCUT2D eigenvalue weighted by molar-refractivity contribution is 5.69. The van der Waals surface area contributed by atoms with E-state index >= 15 is 0 Å². The second kappa shape index (κ2) is 22.6. The van der Waals surface area contributed by atoms with Crippen LogP contribution >= 0.6 is 0 Å². The van der Waals surface area contributed by atoms with Crippen molar-refractivity contribution in [2.75, 3.05) is 27.7 Å². The van der Waals surface area contributed by atoms with Gasteiger partial charge in [0.2, 0.25) is 0 Å². The Morgan fingerprint density at radius 3 is 1.29 bits per heavy atom. The maximum absolute atomic E-state index is 12.5. The first kappa shape index (κ1) is 34.4. The van der Waals surface area contributed by atoms with Gasteiger partial charge in [0.15, 0.2) is 0 Å². The molecule has 0 aliphatic rings. The molecule has 35 heavy (non-hydrogen) atoms. The normalized spacial score (nSPS) is 13.7. The van der Waals surface area contributed by atoms with Crippen molar-refractivity contribution in [3.63, 3.8) is 0 Å². The molecule has 0 saturated carbocycles. The summed E-state index contributed by atoms with van der Waals surface area (Å²) in [6.07, 6.45) is 27.7. The Morgan fingerprint density at radius 1 is 0.571 bits per heavy atom. The summed E-state index contributed by atoms with van der Waals surface area (Å²) in [5.41, 5.74) is 0. The standard InChI is InChI=1S/C31H64NO3/c1-7-9-11-13-15-17-18-19-21-23-25-27-29-34-31(3,32(4,5)6)35-30(33)28-26-24-22-20-16-14-12-10-8-2/h7-29H2,1-6H3/q+1. The zero-order valence-corrected chi connectivity index (χ0v) is 24.9. The smallest absolute Gasteiger partial charge is 0.359 e. The van der Waals surface area contributed by atoms with Crippen LogP contribution in [-0.2, 0) is 14.3 Å². The molecule has 0 rings (SSSR count). The quantitative estimate of drug-likeness (QED) is 0.0515. The Morgan fingerprint density at radius 2 is 0.914 bits per heavy atom. The fourth-order valence-corrected chi connectivity index (χ4v) is 4.41. The largest absolute Gasteiger partial charge is 0.384 e. The van der Waals surface area contributed by atoms with Crippen molar-refractivity contribution in [3.05, 3.63) is 0 Å². The van der Waals surface area contributed by atoms with Crippen LogP contribution in [0, 0.1) is 0 Å². The molecule has 0 N–H and O–H groups in total. The van der Waals surface area contributed by atoms with Gasteiger partial charge in [-0.3, -0.25) is 14.0 Å². The molecule has 0 amide bonds. The van der Waals surface area contributed by atoms with Gasteiger partial charge >= 0.3 is 11.9 Å². The summed E-state index contributed by atoms with van der Waals surface area (Å²) in [6.45, 7) is 7.10. The van der Waals surface area contributed by atoms with Gasteiger partial charge < -0.3 is 4.74 Å². The van der Waals surface area contributed by atoms with Crippen molar-refractivity contribution in [1.29, 1.82) is 0 Å². The van der Waals surface area contributed by atoms with Crippen molar-refractivity contribution < 1.29 is 18.8 Å². The van der Waals surface area contributed by atoms with Gasteiger partial charge in [0, 0.05) is 6.42 Å². The van der Waals surface area contributed by atoms with E-state index in [4.69, 9.17) is 9.47 Å². The first-order valence-electron chi connectivity index (χ1n) is 15.4. The fraction of sp³-hybridized carbons (Fsp3) is 0.968. The molecule has 210 valence electrons. The molecule has 0 radical (unpaired) electrons. The molecule has 1 atom stereocenters. The monoisotopic (exact) mass is 498 g/mol. The molecule has 0 aromatic heterocycles. The van der Waals surface area contributed by atoms with Crippen LogP contribution in [0.5, 0.6) is 0 Å². The van der Waals surface area contributed by atoms with Crippen molar-refractivity contribution in [2.24, 2.45) is 0 Å². The lowest BCUT2D eigenvalue weighted by Crippen LogP contribution is -2.59. The Kier molecular flexibility index (Phi) is 22.2. The van der Waals surface area contributed by atoms with Gasteiger partial charge in [0.1, 0.15) is 0 Å². The minimum Gasteiger partial charge on any atom is -0.384 e. The number of esters is 1. The van der Waals surface area contributed by atoms with Crippen molar-refractivity contribution in [3.8, 4) is 0 Å². The van der Waals surface area contributed by atoms with E-state index in [0.29, 0.717) is 17.5 Å². The zero-order valence-electron chi connectivity index (χ0n) is 24.9. The SMILES string of the molecule is CCCCCCCCCCCCCCOC(C)(OC(=O)CCCCCCCCCCC)[N+](C)(C)C. The first-order chi connectivity index (χ1) is 16.8. The molecule has 0 aromatic rings. The third-order valence-electron chi connectivity index (χ3n) is 7.37. The third kappa shape index (κ3) is 20.2. The van der Waals surface area contributed by atoms with Crippen LogP contribution in [0.4, 0.5) is 0 Å². The average Bonchev–Trinajstić information content (AvgIpc) is 2.80. The van der Waals surface area contributed by atoms with E-state index in [1.165, 1.54) is 116 Å². The fourth-order valence-electron chi connectivity index (χ4n) is 4.41. The Bertz CT molecular complexity index is 474. The Hall–Kier alpha value is -0.610. The van der Waals surface area contributed by atoms with Crippen molar-refractivity contribution in [2.45, 2.75) is 168 Å². The predicted octanol–water partition coefficient (Wildman–Crippen LogP) is 9.55. The van der Waals surface area contributed by atoms with Gasteiger partial charge in [0.25, 0.3) is 0 Å². The van der Waals surface area contributed by atoms with Crippen LogP contribution in [0.25, 0.3) is 0 Å². The number of rotatable bonds is 26. The average molecular weight is 499 g/mol. The molecule has 4 heteroatoms. The van der Waals surface area contributed by atoms with Gasteiger partial charge in [0.05, 0.1) is 34.7 Å². The summed E-state index contributed by atoms with van der Waals surface area (Å²) in [6, 6.07) is 0. The number of nitrogens with zero attached hydrogens (tertiary/aromatic N) is 1. The van der Waals surface area contributed by atoms with E-state index < -0.39 is 5.91 Å². The predicted molar refractivity (Wildman–Crippen MR) is 151 cm³/mol. The number of hydrogen-bond acceptors (Lipinski definition) is 3. The number of carbonyl (C=O) groups is 1. The lowest BCUT2D eigenvalue weighted by molar-refractivity contribution is -0.975. The number of quaternary nitrogens is 1. The lowest BCUT2D eigenvalue weighted by Gasteiger charge is -2.41. The second-order valence-corrected chi connectivity index (χ2v) is 11.7. The molecule has 1 unspecified atom stereocenters. The molecular weight excluding hydrogens is 434 g/mol. The summed E-state index contributed by atoms with van der Waals surface area (Å²) in [5, 5.41) is 0. The highest BCUT2D eigenvalue weighted by Crippen LogP contribution is 2.24. The summed E-state index contributed by atoms with van der Waals surface area (Å²) in [5.74, 6) is -1.05. The molecular formula is C31H64NO3+. The van der Waals surface area contributed by atoms with Crippen molar-refractivity contribution >= 4 is 5.97 Å². The van der Waals surface area contributed by atoms with E-state index in [1.807, 2.05) is 28.1 Å². The van der Waals surface area contributed by atoms with Crippen LogP contribution in [0.3, 0.4) is 0 Å². The van der Waals surface area contributed by atoms with Gasteiger partial charge in [-0.05, 0) is 12.8 Å². The van der Waals surface area contributed by atoms with Crippen LogP contribution < -0.4 is 0 Å². The van der Waals surface area contributed by atoms with Gasteiger partial charge in [-0.15, -0.1) is 0 Å². The molecule has 0 heterocycles. The number of unbranched alkanes of at least 4 members (excludes halogenated alkanes) is 19. The maximum Gasteiger partial charge on any atom is 0.359 e. The zero-order chi connectivity index (χ0) is 26.3. The third-order valence-corrected chi connectivity index (χ3v) is 7.37. The van der Waals surface area contributed by atoms with E-state index in [2.05, 4.69) is 13.8 Å². The van der Waals surface area contributed by atoms with Crippen LogP contribution in [0.2, 0.25) is 0 Å². The van der Waals surface area contributed by atoms with E-state index in [0.717, 1.165) is 19.3 Å². The molecule has 0 aliphatic heterocycles. The molecule has 4 nitrogen and oxygen atoms in total. The first-order valence-corrected chi connectivity index (χ1v) is 15.4. The number of ether oxygens (including phenoxy) is 2. The minimum atomic E-state index is -0.922. The Labute approximate surface area is 220 Å². The molecule has 0 fully saturated rings. The molecule has 0 spiro atoms. The summed E-state index contributed by atoms with van der Waals surface area (Å²) in [7, 11) is 6.11. The van der Waals surface area contributed by atoms with E-state index in [1.54, 1.807) is 0 Å². The highest BCUT2D eigenvalue weighted by Gasteiger charge is 2.43. The lowest BCUT2D eigenvalue weighted by atomic mass is 10.1. The van der Waals surface area contributed by atoms with E-state index in [-0.39, 0.29) is 5.97 Å². The van der Waals surface area contributed by atoms with Gasteiger partial charge in [-0.2, -0.15) is 0 Å². The summed E-state index contributed by atoms with van der Waals surface area (Å²) >= 11 is 0. The van der Waals surface area contributed by atoms with Crippen LogP contribution in [-0.4, -0.2) is 44.1 Å². The van der Waals surface area contributed by atoms with Gasteiger partial charge in [-0.1, -0.05) is 136 Å². The number of hydrogen-bond donors (Lipinski definition) is 0. The molecule has 0 aliphatic carbocycles. The van der Waals surface area contributed by atoms with Crippen LogP contribution in [0.1, 0.15) is 162 Å². The second-order valence-electron chi connectivity index (χ2n) is 11.7. The molecule has 0 aromatic carbocycles. The van der Waals surface area contributed by atoms with Crippen molar-refractivity contribution in [1.82, 2.24) is 0 Å². The highest BCUT2D eigenvalue weighted by atomic mass is 16.7. The maximum atomic E-state index is 12.5. The molecule has 0 bridgehead atoms. The summed E-state index contributed by atoms with van der Waals surface area (Å²) < 4.78 is 12.5. The topological polar surface area (TPSA) is 35.5 Å². The minimum absolute atomic E-state index is 0.127. The van der Waals surface area contributed by atoms with Crippen LogP contribution in [0.15, 0.2) is 0 Å². The molecule has 0 saturated heterocycles. The summed E-state index contributed by atoms with van der Waals surface area (Å²) in [4.78, 5) is 12.5. The Balaban J connectivity index is 3.91. The number of carbonyl (C=O) groups excluding carboxylic acids is 1. The van der Waals surface area contributed by atoms with E-state index in [9.17, 15) is 4.79 Å².